The number of nitrogens with one attached hydrogen (secondary N) is 1. The number of hydrogen-bond donors (Lipinski definition) is 1. The number of anilines is 1. The van der Waals surface area contributed by atoms with Crippen molar-refractivity contribution in [2.24, 2.45) is 5.10 Å². The SMILES string of the molecule is Cc1cc(C)nc(N/N=C\c2ccc(F)cc2F)n1. The van der Waals surface area contributed by atoms with E-state index in [1.165, 1.54) is 12.3 Å². The molecule has 6 heteroatoms. The van der Waals surface area contributed by atoms with Gasteiger partial charge in [-0.15, -0.1) is 0 Å². The fourth-order valence-electron chi connectivity index (χ4n) is 1.54. The third kappa shape index (κ3) is 3.54. The highest BCUT2D eigenvalue weighted by atomic mass is 19.1. The van der Waals surface area contributed by atoms with Crippen molar-refractivity contribution in [2.45, 2.75) is 13.8 Å². The molecule has 0 bridgehead atoms. The van der Waals surface area contributed by atoms with E-state index >= 15 is 0 Å². The first-order chi connectivity index (χ1) is 9.04. The van der Waals surface area contributed by atoms with Crippen molar-refractivity contribution >= 4 is 12.2 Å². The van der Waals surface area contributed by atoms with Crippen LogP contribution in [0.25, 0.3) is 0 Å². The molecule has 1 heterocycles. The van der Waals surface area contributed by atoms with Crippen LogP contribution in [0.1, 0.15) is 17.0 Å². The van der Waals surface area contributed by atoms with Crippen molar-refractivity contribution in [1.29, 1.82) is 0 Å². The first-order valence-corrected chi connectivity index (χ1v) is 5.61. The summed E-state index contributed by atoms with van der Waals surface area (Å²) in [5.74, 6) is -0.969. The molecule has 2 aromatic rings. The summed E-state index contributed by atoms with van der Waals surface area (Å²) < 4.78 is 26.0. The van der Waals surface area contributed by atoms with Crippen molar-refractivity contribution in [3.05, 3.63) is 52.9 Å². The summed E-state index contributed by atoms with van der Waals surface area (Å²) >= 11 is 0. The highest BCUT2D eigenvalue weighted by molar-refractivity contribution is 5.80. The predicted molar refractivity (Wildman–Crippen MR) is 69.1 cm³/mol. The summed E-state index contributed by atoms with van der Waals surface area (Å²) in [4.78, 5) is 8.22. The Morgan fingerprint density at radius 1 is 1.11 bits per heavy atom. The van der Waals surface area contributed by atoms with Gasteiger partial charge in [-0.3, -0.25) is 0 Å². The molecule has 0 aliphatic heterocycles. The molecule has 0 aliphatic carbocycles. The van der Waals surface area contributed by atoms with Crippen LogP contribution >= 0.6 is 0 Å². The van der Waals surface area contributed by atoms with E-state index in [1.807, 2.05) is 19.9 Å². The first-order valence-electron chi connectivity index (χ1n) is 5.61. The summed E-state index contributed by atoms with van der Waals surface area (Å²) in [6, 6.07) is 5.10. The summed E-state index contributed by atoms with van der Waals surface area (Å²) in [6.07, 6.45) is 1.25. The van der Waals surface area contributed by atoms with Gasteiger partial charge < -0.3 is 0 Å². The topological polar surface area (TPSA) is 50.2 Å². The van der Waals surface area contributed by atoms with Crippen molar-refractivity contribution in [2.75, 3.05) is 5.43 Å². The van der Waals surface area contributed by atoms with Gasteiger partial charge in [-0.1, -0.05) is 0 Å². The van der Waals surface area contributed by atoms with E-state index in [4.69, 9.17) is 0 Å². The zero-order chi connectivity index (χ0) is 13.8. The Morgan fingerprint density at radius 2 is 1.79 bits per heavy atom. The molecule has 1 N–H and O–H groups in total. The van der Waals surface area contributed by atoms with Crippen LogP contribution in [0.4, 0.5) is 14.7 Å². The summed E-state index contributed by atoms with van der Waals surface area (Å²) in [5.41, 5.74) is 4.39. The highest BCUT2D eigenvalue weighted by Gasteiger charge is 2.01. The lowest BCUT2D eigenvalue weighted by Gasteiger charge is -2.01. The molecule has 98 valence electrons. The quantitative estimate of drug-likeness (QED) is 0.683. The molecule has 0 aliphatic rings. The third-order valence-corrected chi connectivity index (χ3v) is 2.31. The second-order valence-corrected chi connectivity index (χ2v) is 4.01. The Kier molecular flexibility index (Phi) is 3.79. The summed E-state index contributed by atoms with van der Waals surface area (Å²) in [7, 11) is 0. The van der Waals surface area contributed by atoms with Crippen LogP contribution in [0.15, 0.2) is 29.4 Å². The number of rotatable bonds is 3. The van der Waals surface area contributed by atoms with Crippen LogP contribution in [0, 0.1) is 25.5 Å². The van der Waals surface area contributed by atoms with E-state index in [2.05, 4.69) is 20.5 Å². The highest BCUT2D eigenvalue weighted by Crippen LogP contribution is 2.07. The van der Waals surface area contributed by atoms with Crippen LogP contribution in [0.3, 0.4) is 0 Å². The van der Waals surface area contributed by atoms with Crippen molar-refractivity contribution in [3.8, 4) is 0 Å². The van der Waals surface area contributed by atoms with E-state index in [0.717, 1.165) is 23.5 Å². The van der Waals surface area contributed by atoms with Crippen molar-refractivity contribution < 1.29 is 8.78 Å². The van der Waals surface area contributed by atoms with Crippen molar-refractivity contribution in [1.82, 2.24) is 9.97 Å². The van der Waals surface area contributed by atoms with Crippen LogP contribution < -0.4 is 5.43 Å². The monoisotopic (exact) mass is 262 g/mol. The van der Waals surface area contributed by atoms with E-state index in [9.17, 15) is 8.78 Å². The zero-order valence-electron chi connectivity index (χ0n) is 10.5. The fraction of sp³-hybridized carbons (Fsp3) is 0.154. The number of benzene rings is 1. The minimum absolute atomic E-state index is 0.179. The smallest absolute Gasteiger partial charge is 0.243 e. The van der Waals surface area contributed by atoms with E-state index in [-0.39, 0.29) is 5.56 Å². The molecule has 19 heavy (non-hydrogen) atoms. The number of halogens is 2. The molecule has 0 fully saturated rings. The van der Waals surface area contributed by atoms with Gasteiger partial charge in [-0.2, -0.15) is 5.10 Å². The minimum atomic E-state index is -0.674. The normalized spacial score (nSPS) is 10.9. The Hall–Kier alpha value is -2.37. The molecule has 0 radical (unpaired) electrons. The molecule has 0 saturated carbocycles. The fourth-order valence-corrected chi connectivity index (χ4v) is 1.54. The molecular formula is C13H12F2N4. The average molecular weight is 262 g/mol. The molecule has 0 spiro atoms. The number of hydrogen-bond acceptors (Lipinski definition) is 4. The molecule has 2 rings (SSSR count). The number of aryl methyl sites for hydroxylation is 2. The second kappa shape index (κ2) is 5.51. The van der Waals surface area contributed by atoms with Gasteiger partial charge in [0, 0.05) is 23.0 Å². The summed E-state index contributed by atoms with van der Waals surface area (Å²) in [6.45, 7) is 3.67. The van der Waals surface area contributed by atoms with Crippen LogP contribution in [-0.2, 0) is 0 Å². The molecule has 0 atom stereocenters. The van der Waals surface area contributed by atoms with Gasteiger partial charge in [0.25, 0.3) is 0 Å². The molecule has 1 aromatic carbocycles. The number of nitrogens with zero attached hydrogens (tertiary/aromatic N) is 3. The lowest BCUT2D eigenvalue weighted by molar-refractivity contribution is 0.582. The first kappa shape index (κ1) is 13.1. The molecule has 0 saturated heterocycles. The molecular weight excluding hydrogens is 250 g/mol. The molecule has 0 unspecified atom stereocenters. The maximum Gasteiger partial charge on any atom is 0.243 e. The standard InChI is InChI=1S/C13H12F2N4/c1-8-5-9(2)18-13(17-8)19-16-7-10-3-4-11(14)6-12(10)15/h3-7H,1-2H3,(H,17,18,19)/b16-7-. The van der Waals surface area contributed by atoms with Gasteiger partial charge in [-0.05, 0) is 32.0 Å². The van der Waals surface area contributed by atoms with Gasteiger partial charge in [-0.25, -0.2) is 24.2 Å². The Balaban J connectivity index is 2.11. The van der Waals surface area contributed by atoms with Crippen LogP contribution in [0.2, 0.25) is 0 Å². The van der Waals surface area contributed by atoms with Crippen LogP contribution in [0.5, 0.6) is 0 Å². The number of aromatic nitrogens is 2. The minimum Gasteiger partial charge on any atom is -0.245 e. The van der Waals surface area contributed by atoms with Gasteiger partial charge in [0.1, 0.15) is 11.6 Å². The maximum absolute atomic E-state index is 13.3. The largest absolute Gasteiger partial charge is 0.245 e. The van der Waals surface area contributed by atoms with Gasteiger partial charge in [0.15, 0.2) is 0 Å². The molecule has 4 nitrogen and oxygen atoms in total. The second-order valence-electron chi connectivity index (χ2n) is 4.01. The molecule has 0 amide bonds. The number of hydrazone groups is 1. The Morgan fingerprint density at radius 3 is 2.42 bits per heavy atom. The third-order valence-electron chi connectivity index (χ3n) is 2.31. The average Bonchev–Trinajstić information content (AvgIpc) is 2.30. The van der Waals surface area contributed by atoms with Crippen LogP contribution in [-0.4, -0.2) is 16.2 Å². The lowest BCUT2D eigenvalue weighted by Crippen LogP contribution is -2.00. The lowest BCUT2D eigenvalue weighted by atomic mass is 10.2. The maximum atomic E-state index is 13.3. The Bertz CT molecular complexity index is 606. The predicted octanol–water partition coefficient (Wildman–Crippen LogP) is 2.82. The van der Waals surface area contributed by atoms with E-state index < -0.39 is 11.6 Å². The van der Waals surface area contributed by atoms with Gasteiger partial charge in [0.05, 0.1) is 6.21 Å². The van der Waals surface area contributed by atoms with E-state index in [1.54, 1.807) is 0 Å². The Labute approximate surface area is 109 Å². The van der Waals surface area contributed by atoms with Crippen molar-refractivity contribution in [3.63, 3.8) is 0 Å². The van der Waals surface area contributed by atoms with Gasteiger partial charge in [0.2, 0.25) is 5.95 Å². The van der Waals surface area contributed by atoms with Gasteiger partial charge >= 0.3 is 0 Å². The zero-order valence-corrected chi connectivity index (χ0v) is 10.5. The summed E-state index contributed by atoms with van der Waals surface area (Å²) in [5, 5.41) is 3.82. The molecule has 1 aromatic heterocycles. The van der Waals surface area contributed by atoms with E-state index in [0.29, 0.717) is 5.95 Å².